The maximum Gasteiger partial charge on any atom is 0.0159 e. The topological polar surface area (TPSA) is 0 Å². The third kappa shape index (κ3) is 5.81. The highest BCUT2D eigenvalue weighted by atomic mass is 14.4. The summed E-state index contributed by atoms with van der Waals surface area (Å²) in [7, 11) is 0. The van der Waals surface area contributed by atoms with E-state index < -0.39 is 0 Å². The Bertz CT molecular complexity index is 3190. The van der Waals surface area contributed by atoms with E-state index in [9.17, 15) is 0 Å². The summed E-state index contributed by atoms with van der Waals surface area (Å²) < 4.78 is 0. The van der Waals surface area contributed by atoms with Crippen molar-refractivity contribution in [1.29, 1.82) is 0 Å². The molecule has 0 saturated carbocycles. The number of hydrogen-bond acceptors (Lipinski definition) is 0. The van der Waals surface area contributed by atoms with Gasteiger partial charge < -0.3 is 0 Å². The number of benzene rings is 10. The molecule has 0 spiro atoms. The maximum absolute atomic E-state index is 2.40. The molecular weight excluding hydrogens is 709 g/mol. The van der Waals surface area contributed by atoms with E-state index in [4.69, 9.17) is 0 Å². The fraction of sp³-hybridized carbons (Fsp3) is 0.119. The van der Waals surface area contributed by atoms with Crippen molar-refractivity contribution in [3.05, 3.63) is 205 Å². The van der Waals surface area contributed by atoms with Gasteiger partial charge in [0.05, 0.1) is 0 Å². The lowest BCUT2D eigenvalue weighted by atomic mass is 9.81. The molecule has 0 aromatic heterocycles. The summed E-state index contributed by atoms with van der Waals surface area (Å²) in [6.45, 7) is 11.6. The second kappa shape index (κ2) is 13.1. The summed E-state index contributed by atoms with van der Waals surface area (Å²) in [5.41, 5.74) is 19.4. The van der Waals surface area contributed by atoms with Crippen LogP contribution in [-0.4, -0.2) is 0 Å². The van der Waals surface area contributed by atoms with Gasteiger partial charge in [0.25, 0.3) is 0 Å². The highest BCUT2D eigenvalue weighted by Gasteiger charge is 2.35. The van der Waals surface area contributed by atoms with E-state index in [1.165, 1.54) is 116 Å². The summed E-state index contributed by atoms with van der Waals surface area (Å²) in [5, 5.41) is 8.00. The second-order valence-electron chi connectivity index (χ2n) is 18.2. The van der Waals surface area contributed by atoms with Crippen LogP contribution in [0.4, 0.5) is 0 Å². The molecule has 59 heavy (non-hydrogen) atoms. The zero-order valence-electron chi connectivity index (χ0n) is 34.4. The van der Waals surface area contributed by atoms with Crippen LogP contribution in [0.3, 0.4) is 0 Å². The van der Waals surface area contributed by atoms with Crippen molar-refractivity contribution in [3.8, 4) is 66.8 Å². The third-order valence-electron chi connectivity index (χ3n) is 13.2. The first-order chi connectivity index (χ1) is 28.6. The zero-order chi connectivity index (χ0) is 40.0. The van der Waals surface area contributed by atoms with E-state index in [2.05, 4.69) is 223 Å². The Kier molecular flexibility index (Phi) is 7.88. The molecule has 0 radical (unpaired) electrons. The lowest BCUT2D eigenvalue weighted by Gasteiger charge is -2.22. The SMILES string of the molecule is CC(C)(C)c1cc2ccc3ccc(-c4ccc(-c5ccc(-c6ccc(-c7ccc(-c8ccc9c(c8)C(C)(C)c8ccccc8-9)cc7)cc6)cc5)cc4)c4ccc(c1)c2c34. The molecule has 0 aliphatic heterocycles. The first-order valence-corrected chi connectivity index (χ1v) is 21.0. The fourth-order valence-electron chi connectivity index (χ4n) is 9.80. The zero-order valence-corrected chi connectivity index (χ0v) is 34.4. The van der Waals surface area contributed by atoms with Crippen LogP contribution in [0, 0.1) is 0 Å². The second-order valence-corrected chi connectivity index (χ2v) is 18.2. The summed E-state index contributed by atoms with van der Waals surface area (Å²) in [5.74, 6) is 0. The summed E-state index contributed by atoms with van der Waals surface area (Å²) >= 11 is 0. The average molecular weight is 755 g/mol. The van der Waals surface area contributed by atoms with Crippen LogP contribution < -0.4 is 0 Å². The number of fused-ring (bicyclic) bond motifs is 3. The van der Waals surface area contributed by atoms with E-state index >= 15 is 0 Å². The molecule has 0 saturated heterocycles. The van der Waals surface area contributed by atoms with Gasteiger partial charge in [0.2, 0.25) is 0 Å². The molecule has 0 N–H and O–H groups in total. The lowest BCUT2D eigenvalue weighted by Crippen LogP contribution is -2.14. The molecule has 0 amide bonds. The van der Waals surface area contributed by atoms with Gasteiger partial charge >= 0.3 is 0 Å². The van der Waals surface area contributed by atoms with Crippen molar-refractivity contribution in [2.75, 3.05) is 0 Å². The van der Waals surface area contributed by atoms with E-state index in [0.29, 0.717) is 0 Å². The molecule has 0 bridgehead atoms. The first kappa shape index (κ1) is 35.4. The molecule has 10 aromatic rings. The Morgan fingerprint density at radius 1 is 0.322 bits per heavy atom. The third-order valence-corrected chi connectivity index (χ3v) is 13.2. The highest BCUT2D eigenvalue weighted by Crippen LogP contribution is 2.49. The van der Waals surface area contributed by atoms with Crippen LogP contribution >= 0.6 is 0 Å². The average Bonchev–Trinajstić information content (AvgIpc) is 3.50. The molecule has 0 fully saturated rings. The Hall–Kier alpha value is -6.76. The van der Waals surface area contributed by atoms with E-state index in [1.807, 2.05) is 0 Å². The van der Waals surface area contributed by atoms with E-state index in [1.54, 1.807) is 0 Å². The minimum Gasteiger partial charge on any atom is -0.0619 e. The molecule has 1 aliphatic rings. The monoisotopic (exact) mass is 754 g/mol. The molecule has 282 valence electrons. The van der Waals surface area contributed by atoms with Crippen molar-refractivity contribution in [2.24, 2.45) is 0 Å². The summed E-state index contributed by atoms with van der Waals surface area (Å²) in [4.78, 5) is 0. The quantitative estimate of drug-likeness (QED) is 0.154. The molecule has 0 unspecified atom stereocenters. The van der Waals surface area contributed by atoms with Gasteiger partial charge in [-0.2, -0.15) is 0 Å². The summed E-state index contributed by atoms with van der Waals surface area (Å²) in [6, 6.07) is 70.5. The van der Waals surface area contributed by atoms with Crippen LogP contribution in [-0.2, 0) is 10.8 Å². The Balaban J connectivity index is 0.809. The predicted molar refractivity (Wildman–Crippen MR) is 254 cm³/mol. The molecule has 1 aliphatic carbocycles. The van der Waals surface area contributed by atoms with Crippen molar-refractivity contribution in [3.63, 3.8) is 0 Å². The van der Waals surface area contributed by atoms with Crippen LogP contribution in [0.1, 0.15) is 51.3 Å². The van der Waals surface area contributed by atoms with E-state index in [0.717, 1.165) is 0 Å². The minimum absolute atomic E-state index is 0.00133. The first-order valence-electron chi connectivity index (χ1n) is 21.0. The highest BCUT2D eigenvalue weighted by molar-refractivity contribution is 6.25. The number of rotatable bonds is 5. The smallest absolute Gasteiger partial charge is 0.0159 e. The van der Waals surface area contributed by atoms with Gasteiger partial charge in [-0.05, 0) is 127 Å². The summed E-state index contributed by atoms with van der Waals surface area (Å²) in [6.07, 6.45) is 0. The number of hydrogen-bond donors (Lipinski definition) is 0. The van der Waals surface area contributed by atoms with Crippen LogP contribution in [0.5, 0.6) is 0 Å². The largest absolute Gasteiger partial charge is 0.0619 e. The molecular formula is C59H46. The maximum atomic E-state index is 2.40. The Labute approximate surface area is 347 Å². The van der Waals surface area contributed by atoms with Crippen LogP contribution in [0.25, 0.3) is 99.1 Å². The molecule has 11 rings (SSSR count). The van der Waals surface area contributed by atoms with Gasteiger partial charge in [0, 0.05) is 5.41 Å². The van der Waals surface area contributed by atoms with Crippen molar-refractivity contribution < 1.29 is 0 Å². The fourth-order valence-corrected chi connectivity index (χ4v) is 9.80. The van der Waals surface area contributed by atoms with Gasteiger partial charge in [0.15, 0.2) is 0 Å². The molecule has 0 heteroatoms. The Morgan fingerprint density at radius 3 is 1.27 bits per heavy atom. The lowest BCUT2D eigenvalue weighted by molar-refractivity contribution is 0.591. The molecule has 0 heterocycles. The van der Waals surface area contributed by atoms with E-state index in [-0.39, 0.29) is 10.8 Å². The van der Waals surface area contributed by atoms with Gasteiger partial charge in [-0.1, -0.05) is 217 Å². The van der Waals surface area contributed by atoms with Crippen LogP contribution in [0.15, 0.2) is 188 Å². The van der Waals surface area contributed by atoms with Crippen molar-refractivity contribution in [2.45, 2.75) is 45.4 Å². The normalized spacial score (nSPS) is 13.3. The minimum atomic E-state index is 0.00133. The molecule has 0 nitrogen and oxygen atoms in total. The predicted octanol–water partition coefficient (Wildman–Crippen LogP) is 16.5. The van der Waals surface area contributed by atoms with Gasteiger partial charge in [0.1, 0.15) is 0 Å². The molecule has 0 atom stereocenters. The van der Waals surface area contributed by atoms with Gasteiger partial charge in [-0.3, -0.25) is 0 Å². The molecule has 10 aromatic carbocycles. The van der Waals surface area contributed by atoms with Gasteiger partial charge in [-0.25, -0.2) is 0 Å². The van der Waals surface area contributed by atoms with Gasteiger partial charge in [-0.15, -0.1) is 0 Å². The van der Waals surface area contributed by atoms with Crippen molar-refractivity contribution in [1.82, 2.24) is 0 Å². The standard InChI is InChI=1S/C59H46/c1-58(2,3)49-34-47-27-26-45-28-31-50(53-33-30-48(35-49)56(47)57(45)53)44-24-22-42(23-25-44)40-16-14-38(15-17-40)37-10-12-39(13-11-37)41-18-20-43(21-19-41)46-29-32-52-51-8-6-7-9-54(51)59(4,5)55(52)36-46/h6-36H,1-5H3. The van der Waals surface area contributed by atoms with Crippen LogP contribution in [0.2, 0.25) is 0 Å². The Morgan fingerprint density at radius 2 is 0.729 bits per heavy atom. The van der Waals surface area contributed by atoms with Crippen molar-refractivity contribution >= 4 is 32.3 Å².